The fraction of sp³-hybridized carbons (Fsp3) is 0.400. The largest absolute Gasteiger partial charge is 0.481 e. The van der Waals surface area contributed by atoms with Crippen LogP contribution in [0.4, 0.5) is 13.2 Å². The first-order valence-electron chi connectivity index (χ1n) is 4.65. The lowest BCUT2D eigenvalue weighted by Crippen LogP contribution is -2.07. The minimum Gasteiger partial charge on any atom is -0.481 e. The Labute approximate surface area is 88.9 Å². The van der Waals surface area contributed by atoms with Crippen molar-refractivity contribution in [1.29, 1.82) is 0 Å². The summed E-state index contributed by atoms with van der Waals surface area (Å²) in [5, 5.41) is 8.67. The Morgan fingerprint density at radius 2 is 2.12 bits per heavy atom. The maximum Gasteiger partial charge on any atom is 0.433 e. The van der Waals surface area contributed by atoms with E-state index in [1.54, 1.807) is 0 Å². The van der Waals surface area contributed by atoms with Gasteiger partial charge in [0.2, 0.25) is 0 Å². The van der Waals surface area contributed by atoms with Crippen LogP contribution in [0.5, 0.6) is 0 Å². The maximum atomic E-state index is 12.2. The van der Waals surface area contributed by atoms with E-state index in [2.05, 4.69) is 4.98 Å². The summed E-state index contributed by atoms with van der Waals surface area (Å²) in [6, 6.07) is 2.18. The summed E-state index contributed by atoms with van der Waals surface area (Å²) in [5.41, 5.74) is -0.399. The molecular weight excluding hydrogens is 223 g/mol. The molecule has 1 aromatic rings. The summed E-state index contributed by atoms with van der Waals surface area (Å²) in [7, 11) is 0. The molecule has 2 rings (SSSR count). The van der Waals surface area contributed by atoms with Crippen molar-refractivity contribution in [3.8, 4) is 0 Å². The van der Waals surface area contributed by atoms with Gasteiger partial charge in [0.15, 0.2) is 0 Å². The highest BCUT2D eigenvalue weighted by Crippen LogP contribution is 2.47. The number of hydrogen-bond acceptors (Lipinski definition) is 2. The van der Waals surface area contributed by atoms with Gasteiger partial charge in [-0.15, -0.1) is 0 Å². The highest BCUT2D eigenvalue weighted by molar-refractivity contribution is 5.75. The number of rotatable bonds is 2. The molecule has 86 valence electrons. The summed E-state index contributed by atoms with van der Waals surface area (Å²) in [4.78, 5) is 13.9. The van der Waals surface area contributed by atoms with E-state index in [-0.39, 0.29) is 5.92 Å². The molecule has 3 nitrogen and oxygen atoms in total. The zero-order valence-electron chi connectivity index (χ0n) is 8.03. The molecular formula is C10H8F3NO2. The summed E-state index contributed by atoms with van der Waals surface area (Å²) in [6.07, 6.45) is -2.87. The van der Waals surface area contributed by atoms with Crippen LogP contribution in [0.25, 0.3) is 0 Å². The van der Waals surface area contributed by atoms with Crippen LogP contribution in [-0.4, -0.2) is 16.1 Å². The lowest BCUT2D eigenvalue weighted by Gasteiger charge is -2.05. The van der Waals surface area contributed by atoms with Crippen LogP contribution in [0, 0.1) is 5.92 Å². The molecule has 1 heterocycles. The summed E-state index contributed by atoms with van der Waals surface area (Å²) in [6.45, 7) is 0. The van der Waals surface area contributed by atoms with E-state index in [1.807, 2.05) is 0 Å². The van der Waals surface area contributed by atoms with Gasteiger partial charge in [0, 0.05) is 6.20 Å². The van der Waals surface area contributed by atoms with E-state index in [0.29, 0.717) is 12.0 Å². The van der Waals surface area contributed by atoms with Crippen molar-refractivity contribution in [1.82, 2.24) is 4.98 Å². The average molecular weight is 231 g/mol. The van der Waals surface area contributed by atoms with E-state index >= 15 is 0 Å². The molecule has 0 aromatic carbocycles. The van der Waals surface area contributed by atoms with Crippen LogP contribution in [0.3, 0.4) is 0 Å². The predicted octanol–water partition coefficient (Wildman–Crippen LogP) is 2.29. The smallest absolute Gasteiger partial charge is 0.433 e. The quantitative estimate of drug-likeness (QED) is 0.849. The number of halogens is 3. The Morgan fingerprint density at radius 3 is 2.50 bits per heavy atom. The number of alkyl halides is 3. The minimum absolute atomic E-state index is 0.188. The minimum atomic E-state index is -4.45. The second-order valence-corrected chi connectivity index (χ2v) is 3.76. The van der Waals surface area contributed by atoms with Gasteiger partial charge in [0.05, 0.1) is 5.92 Å². The second-order valence-electron chi connectivity index (χ2n) is 3.76. The first kappa shape index (κ1) is 10.9. The number of aromatic nitrogens is 1. The van der Waals surface area contributed by atoms with Crippen molar-refractivity contribution in [3.63, 3.8) is 0 Å². The Morgan fingerprint density at radius 1 is 1.44 bits per heavy atom. The summed E-state index contributed by atoms with van der Waals surface area (Å²) in [5.74, 6) is -1.57. The molecule has 1 saturated carbocycles. The normalized spacial score (nSPS) is 24.2. The molecule has 1 N–H and O–H groups in total. The Balaban J connectivity index is 2.13. The summed E-state index contributed by atoms with van der Waals surface area (Å²) < 4.78 is 36.6. The highest BCUT2D eigenvalue weighted by Gasteiger charge is 2.44. The molecule has 0 aliphatic heterocycles. The van der Waals surface area contributed by atoms with Gasteiger partial charge in [0.25, 0.3) is 0 Å². The molecule has 2 unspecified atom stereocenters. The summed E-state index contributed by atoms with van der Waals surface area (Å²) >= 11 is 0. The van der Waals surface area contributed by atoms with E-state index in [1.165, 1.54) is 6.07 Å². The van der Waals surface area contributed by atoms with E-state index in [0.717, 1.165) is 12.3 Å². The van der Waals surface area contributed by atoms with E-state index in [9.17, 15) is 18.0 Å². The molecule has 1 aliphatic rings. The molecule has 0 bridgehead atoms. The lowest BCUT2D eigenvalue weighted by atomic mass is 10.1. The molecule has 0 radical (unpaired) electrons. The van der Waals surface area contributed by atoms with Crippen molar-refractivity contribution in [2.24, 2.45) is 5.92 Å². The number of nitrogens with zero attached hydrogens (tertiary/aromatic N) is 1. The number of carboxylic acid groups (broad SMARTS) is 1. The molecule has 2 atom stereocenters. The monoisotopic (exact) mass is 231 g/mol. The fourth-order valence-electron chi connectivity index (χ4n) is 1.63. The van der Waals surface area contributed by atoms with Gasteiger partial charge in [-0.3, -0.25) is 9.78 Å². The zero-order chi connectivity index (χ0) is 11.9. The zero-order valence-corrected chi connectivity index (χ0v) is 8.03. The van der Waals surface area contributed by atoms with Crippen LogP contribution in [0.2, 0.25) is 0 Å². The first-order chi connectivity index (χ1) is 7.39. The number of hydrogen-bond donors (Lipinski definition) is 1. The Bertz CT molecular complexity index is 413. The number of aliphatic carboxylic acids is 1. The van der Waals surface area contributed by atoms with Crippen molar-refractivity contribution in [3.05, 3.63) is 29.6 Å². The molecule has 1 aromatic heterocycles. The average Bonchev–Trinajstić information content (AvgIpc) is 2.96. The molecule has 16 heavy (non-hydrogen) atoms. The molecule has 0 saturated heterocycles. The van der Waals surface area contributed by atoms with Crippen LogP contribution < -0.4 is 0 Å². The third-order valence-corrected chi connectivity index (χ3v) is 2.61. The standard InChI is InChI=1S/C10H8F3NO2/c11-10(12,13)8-2-1-5(4-14-8)6-3-7(6)9(15)16/h1-2,4,6-7H,3H2,(H,15,16). The van der Waals surface area contributed by atoms with Gasteiger partial charge in [-0.1, -0.05) is 6.07 Å². The van der Waals surface area contributed by atoms with E-state index in [4.69, 9.17) is 5.11 Å². The second kappa shape index (κ2) is 3.47. The van der Waals surface area contributed by atoms with Crippen molar-refractivity contribution in [2.45, 2.75) is 18.5 Å². The number of pyridine rings is 1. The first-order valence-corrected chi connectivity index (χ1v) is 4.65. The van der Waals surface area contributed by atoms with Crippen LogP contribution in [-0.2, 0) is 11.0 Å². The topological polar surface area (TPSA) is 50.2 Å². The third kappa shape index (κ3) is 2.00. The lowest BCUT2D eigenvalue weighted by molar-refractivity contribution is -0.141. The van der Waals surface area contributed by atoms with Gasteiger partial charge in [0.1, 0.15) is 5.69 Å². The van der Waals surface area contributed by atoms with Gasteiger partial charge < -0.3 is 5.11 Å². The van der Waals surface area contributed by atoms with Crippen LogP contribution in [0.15, 0.2) is 18.3 Å². The van der Waals surface area contributed by atoms with Crippen LogP contribution in [0.1, 0.15) is 23.6 Å². The van der Waals surface area contributed by atoms with E-state index < -0.39 is 23.8 Å². The molecule has 1 fully saturated rings. The highest BCUT2D eigenvalue weighted by atomic mass is 19.4. The van der Waals surface area contributed by atoms with Gasteiger partial charge >= 0.3 is 12.1 Å². The third-order valence-electron chi connectivity index (χ3n) is 2.61. The fourth-order valence-corrected chi connectivity index (χ4v) is 1.63. The predicted molar refractivity (Wildman–Crippen MR) is 47.7 cm³/mol. The van der Waals surface area contributed by atoms with Crippen molar-refractivity contribution >= 4 is 5.97 Å². The molecule has 1 aliphatic carbocycles. The number of carbonyl (C=O) groups is 1. The Hall–Kier alpha value is -1.59. The SMILES string of the molecule is O=C(O)C1CC1c1ccc(C(F)(F)F)nc1. The van der Waals surface area contributed by atoms with Crippen molar-refractivity contribution in [2.75, 3.05) is 0 Å². The van der Waals surface area contributed by atoms with Crippen molar-refractivity contribution < 1.29 is 23.1 Å². The van der Waals surface area contributed by atoms with Gasteiger partial charge in [-0.05, 0) is 24.0 Å². The maximum absolute atomic E-state index is 12.2. The molecule has 6 heteroatoms. The molecule has 0 amide bonds. The van der Waals surface area contributed by atoms with Gasteiger partial charge in [-0.25, -0.2) is 0 Å². The molecule has 0 spiro atoms. The number of carboxylic acids is 1. The Kier molecular flexibility index (Phi) is 2.36. The van der Waals surface area contributed by atoms with Crippen LogP contribution >= 0.6 is 0 Å². The van der Waals surface area contributed by atoms with Gasteiger partial charge in [-0.2, -0.15) is 13.2 Å².